The molecule has 0 amide bonds. The highest BCUT2D eigenvalue weighted by molar-refractivity contribution is 6.17. The molecular formula is C105H134N6O12. The zero-order valence-corrected chi connectivity index (χ0v) is 73.9. The number of nitrogens with zero attached hydrogens (tertiary/aromatic N) is 6. The second-order valence-electron chi connectivity index (χ2n) is 32.0. The van der Waals surface area contributed by atoms with Gasteiger partial charge in [0.15, 0.2) is 17.5 Å². The van der Waals surface area contributed by atoms with Gasteiger partial charge in [-0.3, -0.25) is 0 Å². The summed E-state index contributed by atoms with van der Waals surface area (Å²) in [4.78, 5) is 66.5. The lowest BCUT2D eigenvalue weighted by atomic mass is 10.1. The highest BCUT2D eigenvalue weighted by Crippen LogP contribution is 2.31. The van der Waals surface area contributed by atoms with E-state index in [1.807, 2.05) is 146 Å². The quantitative estimate of drug-likeness (QED) is 0.0114. The first-order valence-electron chi connectivity index (χ1n) is 45.9. The monoisotopic (exact) mass is 1670 g/mol. The molecule has 0 saturated heterocycles. The zero-order valence-electron chi connectivity index (χ0n) is 73.9. The molecule has 9 rings (SSSR count). The molecule has 0 radical (unpaired) electrons. The predicted octanol–water partition coefficient (Wildman–Crippen LogP) is 26.1. The number of aromatic nitrogens is 6. The van der Waals surface area contributed by atoms with Crippen LogP contribution in [0.1, 0.15) is 279 Å². The number of carbonyl (C=O) groups is 3. The molecule has 0 atom stereocenters. The summed E-state index contributed by atoms with van der Waals surface area (Å²) in [5.41, 5.74) is 8.79. The highest BCUT2D eigenvalue weighted by Gasteiger charge is 2.31. The number of benzene rings is 6. The Kier molecular flexibility index (Phi) is 44.1. The van der Waals surface area contributed by atoms with Crippen molar-refractivity contribution in [2.24, 2.45) is 0 Å². The van der Waals surface area contributed by atoms with Crippen LogP contribution in [0, 0.1) is 0 Å². The summed E-state index contributed by atoms with van der Waals surface area (Å²) in [6, 6.07) is 44.0. The van der Waals surface area contributed by atoms with E-state index in [9.17, 15) is 14.4 Å². The van der Waals surface area contributed by atoms with Gasteiger partial charge in [-0.25, -0.2) is 44.3 Å². The molecule has 0 N–H and O–H groups in total. The summed E-state index contributed by atoms with van der Waals surface area (Å²) in [7, 11) is 0. The summed E-state index contributed by atoms with van der Waals surface area (Å²) in [6.07, 6.45) is 51.8. The summed E-state index contributed by atoms with van der Waals surface area (Å²) < 4.78 is 55.0. The Morgan fingerprint density at radius 1 is 0.260 bits per heavy atom. The fourth-order valence-electron chi connectivity index (χ4n) is 14.2. The largest absolute Gasteiger partial charge is 0.494 e. The zero-order chi connectivity index (χ0) is 86.6. The van der Waals surface area contributed by atoms with Crippen LogP contribution in [-0.4, -0.2) is 93.4 Å². The molecule has 3 heterocycles. The molecular weight excluding hydrogens is 1540 g/mol. The summed E-state index contributed by atoms with van der Waals surface area (Å²) in [5, 5.41) is 0. The molecule has 3 aromatic heterocycles. The van der Waals surface area contributed by atoms with Gasteiger partial charge in [-0.05, 0) is 220 Å². The lowest BCUT2D eigenvalue weighted by molar-refractivity contribution is -0.382. The van der Waals surface area contributed by atoms with Gasteiger partial charge < -0.3 is 42.6 Å². The molecule has 0 spiro atoms. The van der Waals surface area contributed by atoms with Crippen molar-refractivity contribution < 1.29 is 57.0 Å². The molecule has 6 aromatic carbocycles. The predicted molar refractivity (Wildman–Crippen MR) is 494 cm³/mol. The van der Waals surface area contributed by atoms with E-state index in [2.05, 4.69) is 77.3 Å². The standard InChI is InChI=1S/C105H134N6O12/c1-8-12-33-42-84-75-106-99(107-76-84)90-51-63-96(64-52-90)121-102(112)81(5)87-45-57-93(58-46-87)115-69-36-27-21-15-18-24-30-39-72-118-105(11-4,119-73-40-31-25-19-16-22-28-37-70-116-94-59-47-88(48-60-94)82(6)103(113)122-97-65-53-91(54-66-97)100-108-77-85(78-109-100)43-34-13-9-2)120-74-41-32-26-20-17-23-29-38-71-117-95-61-49-89(50-62-95)83(7)104(114)123-98-67-55-92(56-68-98)101-110-79-86(80-111-101)44-35-14-10-3/h45-68,75-80H,5-44,69-74H2,1-4H3. The average molecular weight is 1670 g/mol. The van der Waals surface area contributed by atoms with Gasteiger partial charge in [0.05, 0.1) is 56.4 Å². The maximum Gasteiger partial charge on any atom is 0.343 e. The van der Waals surface area contributed by atoms with Crippen LogP contribution in [0.4, 0.5) is 0 Å². The van der Waals surface area contributed by atoms with Gasteiger partial charge in [0.25, 0.3) is 5.97 Å². The van der Waals surface area contributed by atoms with Crippen LogP contribution in [0.25, 0.3) is 50.9 Å². The second-order valence-corrected chi connectivity index (χ2v) is 32.0. The molecule has 0 bridgehead atoms. The minimum atomic E-state index is -1.04. The van der Waals surface area contributed by atoms with Crippen molar-refractivity contribution in [2.75, 3.05) is 39.6 Å². The van der Waals surface area contributed by atoms with Gasteiger partial charge in [-0.15, -0.1) is 0 Å². The number of ether oxygens (including phenoxy) is 9. The molecule has 0 aliphatic carbocycles. The van der Waals surface area contributed by atoms with Crippen LogP contribution in [0.3, 0.4) is 0 Å². The molecule has 0 aliphatic rings. The van der Waals surface area contributed by atoms with E-state index in [1.165, 1.54) is 77.0 Å². The minimum Gasteiger partial charge on any atom is -0.494 e. The first kappa shape index (κ1) is 96.3. The Bertz CT molecular complexity index is 4050. The molecule has 0 unspecified atom stereocenters. The fraction of sp³-hybridized carbons (Fsp3) is 0.457. The van der Waals surface area contributed by atoms with E-state index in [0.717, 1.165) is 205 Å². The third-order valence-electron chi connectivity index (χ3n) is 22.0. The molecule has 656 valence electrons. The number of rotatable bonds is 64. The molecule has 0 saturated carbocycles. The fourth-order valence-corrected chi connectivity index (χ4v) is 14.2. The van der Waals surface area contributed by atoms with E-state index in [0.29, 0.717) is 97.5 Å². The van der Waals surface area contributed by atoms with Crippen molar-refractivity contribution in [3.8, 4) is 68.7 Å². The normalized spacial score (nSPS) is 11.3. The Labute approximate surface area is 732 Å². The van der Waals surface area contributed by atoms with Crippen molar-refractivity contribution in [1.29, 1.82) is 0 Å². The number of hydrogen-bond donors (Lipinski definition) is 0. The number of carbonyl (C=O) groups excluding carboxylic acids is 3. The molecule has 0 fully saturated rings. The molecule has 9 aromatic rings. The summed E-state index contributed by atoms with van der Waals surface area (Å²) in [6.45, 7) is 24.4. The van der Waals surface area contributed by atoms with Crippen molar-refractivity contribution in [1.82, 2.24) is 29.9 Å². The smallest absolute Gasteiger partial charge is 0.343 e. The third-order valence-corrected chi connectivity index (χ3v) is 22.0. The van der Waals surface area contributed by atoms with E-state index in [-0.39, 0.29) is 16.7 Å². The average Bonchev–Trinajstić information content (AvgIpc) is 0.854. The second kappa shape index (κ2) is 56.3. The summed E-state index contributed by atoms with van der Waals surface area (Å²) >= 11 is 0. The Balaban J connectivity index is 0.611. The van der Waals surface area contributed by atoms with Crippen LogP contribution in [-0.2, 0) is 47.9 Å². The SMILES string of the molecule is C=C(C(=O)Oc1ccc(-c2ncc(CCCCC)cn2)cc1)c1ccc(OCCCCCCCCCCOC(CC)(OCCCCCCCCCCOc2ccc(C(=C)C(=O)Oc3ccc(-c4ncc(CCCCC)cn4)cc3)cc2)OCCCCCCCCCCOc2ccc(C(=C)C(=O)Oc3ccc(-c4ncc(CCCCC)cn4)cc3)cc2)cc1. The van der Waals surface area contributed by atoms with E-state index >= 15 is 0 Å². The van der Waals surface area contributed by atoms with Crippen molar-refractivity contribution >= 4 is 34.6 Å². The topological polar surface area (TPSA) is 212 Å². The highest BCUT2D eigenvalue weighted by atomic mass is 16.9. The molecule has 18 nitrogen and oxygen atoms in total. The number of unbranched alkanes of at least 4 members (excludes halogenated alkanes) is 27. The maximum atomic E-state index is 13.1. The molecule has 0 aliphatic heterocycles. The Morgan fingerprint density at radius 3 is 0.691 bits per heavy atom. The number of esters is 3. The van der Waals surface area contributed by atoms with Crippen LogP contribution >= 0.6 is 0 Å². The maximum absolute atomic E-state index is 13.1. The van der Waals surface area contributed by atoms with Gasteiger partial charge in [-0.1, -0.05) is 238 Å². The van der Waals surface area contributed by atoms with E-state index < -0.39 is 23.9 Å². The number of hydrogen-bond acceptors (Lipinski definition) is 18. The van der Waals surface area contributed by atoms with E-state index in [4.69, 9.17) is 42.6 Å². The van der Waals surface area contributed by atoms with Gasteiger partial charge >= 0.3 is 17.9 Å². The van der Waals surface area contributed by atoms with Crippen LogP contribution < -0.4 is 28.4 Å². The minimum absolute atomic E-state index is 0.270. The van der Waals surface area contributed by atoms with Crippen molar-refractivity contribution in [3.63, 3.8) is 0 Å². The Morgan fingerprint density at radius 2 is 0.472 bits per heavy atom. The van der Waals surface area contributed by atoms with E-state index in [1.54, 1.807) is 36.4 Å². The van der Waals surface area contributed by atoms with Crippen molar-refractivity contribution in [2.45, 2.75) is 271 Å². The van der Waals surface area contributed by atoms with Gasteiger partial charge in [0, 0.05) is 60.3 Å². The lowest BCUT2D eigenvalue weighted by Gasteiger charge is -2.32. The van der Waals surface area contributed by atoms with Gasteiger partial charge in [0.1, 0.15) is 34.5 Å². The van der Waals surface area contributed by atoms with Crippen LogP contribution in [0.5, 0.6) is 34.5 Å². The number of aryl methyl sites for hydroxylation is 3. The molecule has 123 heavy (non-hydrogen) atoms. The van der Waals surface area contributed by atoms with Gasteiger partial charge in [-0.2, -0.15) is 0 Å². The lowest BCUT2D eigenvalue weighted by Crippen LogP contribution is -2.39. The van der Waals surface area contributed by atoms with Gasteiger partial charge in [0.2, 0.25) is 0 Å². The van der Waals surface area contributed by atoms with Crippen LogP contribution in [0.2, 0.25) is 0 Å². The first-order chi connectivity index (χ1) is 60.3. The van der Waals surface area contributed by atoms with Crippen molar-refractivity contribution in [3.05, 3.63) is 236 Å². The van der Waals surface area contributed by atoms with Crippen LogP contribution in [0.15, 0.2) is 203 Å². The Hall–Kier alpha value is -10.5. The third kappa shape index (κ3) is 35.7. The molecule has 18 heteroatoms. The summed E-state index contributed by atoms with van der Waals surface area (Å²) in [5.74, 6) is 2.86. The first-order valence-corrected chi connectivity index (χ1v) is 45.9.